The average Bonchev–Trinajstić information content (AvgIpc) is 2.89. The summed E-state index contributed by atoms with van der Waals surface area (Å²) in [6.07, 6.45) is 6.50. The minimum Gasteiger partial charge on any atom is -0.343 e. The van der Waals surface area contributed by atoms with E-state index < -0.39 is 0 Å². The molecule has 2 heterocycles. The van der Waals surface area contributed by atoms with Gasteiger partial charge in [-0.1, -0.05) is 0 Å². The van der Waals surface area contributed by atoms with Crippen LogP contribution in [0, 0.1) is 0 Å². The van der Waals surface area contributed by atoms with Gasteiger partial charge in [0, 0.05) is 45.0 Å². The van der Waals surface area contributed by atoms with Crippen LogP contribution in [0.3, 0.4) is 0 Å². The van der Waals surface area contributed by atoms with Crippen molar-refractivity contribution < 1.29 is 4.79 Å². The molecule has 92 valence electrons. The molecular formula is C13H19N3O. The third kappa shape index (κ3) is 3.82. The van der Waals surface area contributed by atoms with Crippen molar-refractivity contribution in [3.05, 3.63) is 30.1 Å². The zero-order valence-electron chi connectivity index (χ0n) is 10.1. The molecule has 2 rings (SSSR count). The molecule has 0 aliphatic carbocycles. The SMILES string of the molecule is O=C(CCNCc1ccncc1)N1CCCC1. The van der Waals surface area contributed by atoms with E-state index in [9.17, 15) is 4.79 Å². The van der Waals surface area contributed by atoms with Crippen molar-refractivity contribution in [1.29, 1.82) is 0 Å². The van der Waals surface area contributed by atoms with Crippen molar-refractivity contribution in [3.8, 4) is 0 Å². The van der Waals surface area contributed by atoms with Gasteiger partial charge in [0.25, 0.3) is 0 Å². The highest BCUT2D eigenvalue weighted by atomic mass is 16.2. The highest BCUT2D eigenvalue weighted by Crippen LogP contribution is 2.08. The molecule has 0 bridgehead atoms. The number of carbonyl (C=O) groups is 1. The lowest BCUT2D eigenvalue weighted by Crippen LogP contribution is -2.30. The van der Waals surface area contributed by atoms with Gasteiger partial charge in [0.1, 0.15) is 0 Å². The molecule has 0 saturated carbocycles. The van der Waals surface area contributed by atoms with E-state index >= 15 is 0 Å². The van der Waals surface area contributed by atoms with E-state index in [2.05, 4.69) is 10.3 Å². The van der Waals surface area contributed by atoms with Gasteiger partial charge in [-0.05, 0) is 30.5 Å². The molecular weight excluding hydrogens is 214 g/mol. The monoisotopic (exact) mass is 233 g/mol. The molecule has 4 nitrogen and oxygen atoms in total. The number of aromatic nitrogens is 1. The summed E-state index contributed by atoms with van der Waals surface area (Å²) in [5.41, 5.74) is 1.20. The zero-order chi connectivity index (χ0) is 11.9. The van der Waals surface area contributed by atoms with E-state index in [-0.39, 0.29) is 5.91 Å². The number of amides is 1. The molecule has 4 heteroatoms. The Kier molecular flexibility index (Phi) is 4.50. The number of hydrogen-bond donors (Lipinski definition) is 1. The van der Waals surface area contributed by atoms with Gasteiger partial charge in [-0.15, -0.1) is 0 Å². The lowest BCUT2D eigenvalue weighted by Gasteiger charge is -2.15. The van der Waals surface area contributed by atoms with Gasteiger partial charge >= 0.3 is 0 Å². The highest BCUT2D eigenvalue weighted by molar-refractivity contribution is 5.76. The van der Waals surface area contributed by atoms with E-state index in [0.717, 1.165) is 39.0 Å². The van der Waals surface area contributed by atoms with E-state index in [0.29, 0.717) is 6.42 Å². The quantitative estimate of drug-likeness (QED) is 0.777. The molecule has 1 aliphatic rings. The summed E-state index contributed by atoms with van der Waals surface area (Å²) in [4.78, 5) is 17.7. The number of likely N-dealkylation sites (tertiary alicyclic amines) is 1. The fourth-order valence-corrected chi connectivity index (χ4v) is 2.05. The summed E-state index contributed by atoms with van der Waals surface area (Å²) < 4.78 is 0. The molecule has 1 fully saturated rings. The van der Waals surface area contributed by atoms with Crippen molar-refractivity contribution in [2.24, 2.45) is 0 Å². The van der Waals surface area contributed by atoms with Crippen LogP contribution in [-0.2, 0) is 11.3 Å². The third-order valence-corrected chi connectivity index (χ3v) is 3.05. The maximum absolute atomic E-state index is 11.7. The van der Waals surface area contributed by atoms with Gasteiger partial charge in [0.2, 0.25) is 5.91 Å². The van der Waals surface area contributed by atoms with Crippen molar-refractivity contribution in [1.82, 2.24) is 15.2 Å². The van der Waals surface area contributed by atoms with Gasteiger partial charge in [-0.3, -0.25) is 9.78 Å². The van der Waals surface area contributed by atoms with Crippen LogP contribution in [0.5, 0.6) is 0 Å². The first-order chi connectivity index (χ1) is 8.36. The summed E-state index contributed by atoms with van der Waals surface area (Å²) in [5, 5.41) is 3.28. The van der Waals surface area contributed by atoms with Crippen LogP contribution in [0.1, 0.15) is 24.8 Å². The van der Waals surface area contributed by atoms with Crippen LogP contribution in [0.25, 0.3) is 0 Å². The molecule has 0 unspecified atom stereocenters. The number of nitrogens with zero attached hydrogens (tertiary/aromatic N) is 2. The van der Waals surface area contributed by atoms with E-state index in [4.69, 9.17) is 0 Å². The number of carbonyl (C=O) groups excluding carboxylic acids is 1. The van der Waals surface area contributed by atoms with Gasteiger partial charge in [0.05, 0.1) is 0 Å². The van der Waals surface area contributed by atoms with Crippen molar-refractivity contribution >= 4 is 5.91 Å². The first-order valence-corrected chi connectivity index (χ1v) is 6.23. The Labute approximate surface area is 102 Å². The second-order valence-corrected chi connectivity index (χ2v) is 4.37. The number of rotatable bonds is 5. The number of nitrogens with one attached hydrogen (secondary N) is 1. The smallest absolute Gasteiger partial charge is 0.223 e. The van der Waals surface area contributed by atoms with Crippen LogP contribution < -0.4 is 5.32 Å². The first-order valence-electron chi connectivity index (χ1n) is 6.23. The Bertz CT molecular complexity index is 347. The minimum absolute atomic E-state index is 0.282. The predicted molar refractivity (Wildman–Crippen MR) is 66.4 cm³/mol. The topological polar surface area (TPSA) is 45.2 Å². The number of hydrogen-bond acceptors (Lipinski definition) is 3. The van der Waals surface area contributed by atoms with Crippen LogP contribution >= 0.6 is 0 Å². The van der Waals surface area contributed by atoms with Crippen molar-refractivity contribution in [2.45, 2.75) is 25.8 Å². The summed E-state index contributed by atoms with van der Waals surface area (Å²) >= 11 is 0. The van der Waals surface area contributed by atoms with E-state index in [1.165, 1.54) is 5.56 Å². The molecule has 1 N–H and O–H groups in total. The molecule has 1 amide bonds. The summed E-state index contributed by atoms with van der Waals surface area (Å²) in [6.45, 7) is 3.44. The molecule has 1 aromatic rings. The molecule has 0 aromatic carbocycles. The molecule has 0 spiro atoms. The lowest BCUT2D eigenvalue weighted by molar-refractivity contribution is -0.130. The standard InChI is InChI=1S/C13H19N3O/c17-13(16-9-1-2-10-16)5-8-15-11-12-3-6-14-7-4-12/h3-4,6-7,15H,1-2,5,8-11H2. The van der Waals surface area contributed by atoms with Crippen LogP contribution in [-0.4, -0.2) is 35.4 Å². The molecule has 0 radical (unpaired) electrons. The molecule has 17 heavy (non-hydrogen) atoms. The molecule has 1 aromatic heterocycles. The normalized spacial score (nSPS) is 15.2. The van der Waals surface area contributed by atoms with Gasteiger partial charge in [0.15, 0.2) is 0 Å². The Morgan fingerprint density at radius 2 is 2.00 bits per heavy atom. The van der Waals surface area contributed by atoms with Crippen molar-refractivity contribution in [2.75, 3.05) is 19.6 Å². The van der Waals surface area contributed by atoms with Gasteiger partial charge < -0.3 is 10.2 Å². The largest absolute Gasteiger partial charge is 0.343 e. The average molecular weight is 233 g/mol. The lowest BCUT2D eigenvalue weighted by atomic mass is 10.2. The van der Waals surface area contributed by atoms with Crippen LogP contribution in [0.2, 0.25) is 0 Å². The minimum atomic E-state index is 0.282. The Hall–Kier alpha value is -1.42. The Morgan fingerprint density at radius 3 is 2.71 bits per heavy atom. The Morgan fingerprint density at radius 1 is 1.29 bits per heavy atom. The first kappa shape index (κ1) is 12.0. The fourth-order valence-electron chi connectivity index (χ4n) is 2.05. The summed E-state index contributed by atoms with van der Waals surface area (Å²) in [6, 6.07) is 3.96. The van der Waals surface area contributed by atoms with E-state index in [1.807, 2.05) is 17.0 Å². The Balaban J connectivity index is 1.61. The summed E-state index contributed by atoms with van der Waals surface area (Å²) in [7, 11) is 0. The third-order valence-electron chi connectivity index (χ3n) is 3.05. The van der Waals surface area contributed by atoms with Crippen molar-refractivity contribution in [3.63, 3.8) is 0 Å². The fraction of sp³-hybridized carbons (Fsp3) is 0.538. The maximum Gasteiger partial charge on any atom is 0.223 e. The number of pyridine rings is 1. The zero-order valence-corrected chi connectivity index (χ0v) is 10.1. The van der Waals surface area contributed by atoms with Gasteiger partial charge in [-0.2, -0.15) is 0 Å². The van der Waals surface area contributed by atoms with E-state index in [1.54, 1.807) is 12.4 Å². The highest BCUT2D eigenvalue weighted by Gasteiger charge is 2.16. The molecule has 0 atom stereocenters. The molecule has 1 saturated heterocycles. The van der Waals surface area contributed by atoms with Crippen LogP contribution in [0.15, 0.2) is 24.5 Å². The predicted octanol–water partition coefficient (Wildman–Crippen LogP) is 1.18. The maximum atomic E-state index is 11.7. The summed E-state index contributed by atoms with van der Waals surface area (Å²) in [5.74, 6) is 0.282. The van der Waals surface area contributed by atoms with Gasteiger partial charge in [-0.25, -0.2) is 0 Å². The van der Waals surface area contributed by atoms with Crippen LogP contribution in [0.4, 0.5) is 0 Å². The molecule has 1 aliphatic heterocycles. The second-order valence-electron chi connectivity index (χ2n) is 4.37. The second kappa shape index (κ2) is 6.35.